The van der Waals surface area contributed by atoms with Gasteiger partial charge in [-0.05, 0) is 67.2 Å². The fourth-order valence-corrected chi connectivity index (χ4v) is 3.89. The molecule has 2 aromatic rings. The van der Waals surface area contributed by atoms with E-state index >= 15 is 0 Å². The van der Waals surface area contributed by atoms with E-state index in [0.717, 1.165) is 48.0 Å². The van der Waals surface area contributed by atoms with Gasteiger partial charge in [-0.15, -0.1) is 0 Å². The number of nitrogens with one attached hydrogen (secondary N) is 1. The zero-order valence-electron chi connectivity index (χ0n) is 14.6. The predicted molar refractivity (Wildman–Crippen MR) is 109 cm³/mol. The monoisotopic (exact) mass is 374 g/mol. The fourth-order valence-electron chi connectivity index (χ4n) is 3.31. The SMILES string of the molecule is COc1ccccc1C1CCN(C(=S)Nc2ccc(C)cc2Cl)CC1. The quantitative estimate of drug-likeness (QED) is 0.743. The second kappa shape index (κ2) is 8.07. The fraction of sp³-hybridized carbons (Fsp3) is 0.350. The Hall–Kier alpha value is -1.78. The molecule has 0 unspecified atom stereocenters. The molecule has 1 aliphatic heterocycles. The summed E-state index contributed by atoms with van der Waals surface area (Å²) in [7, 11) is 1.73. The minimum absolute atomic E-state index is 0.512. The molecule has 1 saturated heterocycles. The maximum atomic E-state index is 6.29. The van der Waals surface area contributed by atoms with Crippen molar-refractivity contribution in [2.24, 2.45) is 0 Å². The second-order valence-electron chi connectivity index (χ2n) is 6.42. The normalized spacial score (nSPS) is 15.1. The zero-order chi connectivity index (χ0) is 17.8. The molecule has 3 rings (SSSR count). The van der Waals surface area contributed by atoms with Gasteiger partial charge in [0.05, 0.1) is 17.8 Å². The highest BCUT2D eigenvalue weighted by Crippen LogP contribution is 2.34. The molecule has 3 nitrogen and oxygen atoms in total. The van der Waals surface area contributed by atoms with Crippen LogP contribution in [0.15, 0.2) is 42.5 Å². The van der Waals surface area contributed by atoms with Gasteiger partial charge >= 0.3 is 0 Å². The summed E-state index contributed by atoms with van der Waals surface area (Å²) in [6.07, 6.45) is 2.12. The van der Waals surface area contributed by atoms with Gasteiger partial charge in [0.15, 0.2) is 5.11 Å². The van der Waals surface area contributed by atoms with Gasteiger partial charge in [-0.3, -0.25) is 0 Å². The Morgan fingerprint density at radius 1 is 1.20 bits per heavy atom. The first-order valence-corrected chi connectivity index (χ1v) is 9.32. The first-order chi connectivity index (χ1) is 12.1. The van der Waals surface area contributed by atoms with E-state index in [9.17, 15) is 0 Å². The van der Waals surface area contributed by atoms with Crippen molar-refractivity contribution >= 4 is 34.6 Å². The summed E-state index contributed by atoms with van der Waals surface area (Å²) in [6, 6.07) is 14.3. The van der Waals surface area contributed by atoms with Crippen LogP contribution in [0.2, 0.25) is 5.02 Å². The van der Waals surface area contributed by atoms with Crippen LogP contribution in [-0.2, 0) is 0 Å². The van der Waals surface area contributed by atoms with Gasteiger partial charge in [0, 0.05) is 13.1 Å². The van der Waals surface area contributed by atoms with Crippen molar-refractivity contribution in [3.8, 4) is 5.75 Å². The van der Waals surface area contributed by atoms with E-state index in [-0.39, 0.29) is 0 Å². The molecule has 0 aromatic heterocycles. The van der Waals surface area contributed by atoms with E-state index in [0.29, 0.717) is 10.9 Å². The van der Waals surface area contributed by atoms with Gasteiger partial charge in [-0.25, -0.2) is 0 Å². The van der Waals surface area contributed by atoms with Crippen LogP contribution in [0.25, 0.3) is 0 Å². The summed E-state index contributed by atoms with van der Waals surface area (Å²) in [5.41, 5.74) is 3.30. The molecule has 1 fully saturated rings. The number of likely N-dealkylation sites (tertiary alicyclic amines) is 1. The van der Waals surface area contributed by atoms with Crippen LogP contribution in [0.4, 0.5) is 5.69 Å². The third kappa shape index (κ3) is 4.25. The number of rotatable bonds is 3. The first-order valence-electron chi connectivity index (χ1n) is 8.53. The highest BCUT2D eigenvalue weighted by Gasteiger charge is 2.24. The van der Waals surface area contributed by atoms with Crippen LogP contribution in [0.5, 0.6) is 5.75 Å². The highest BCUT2D eigenvalue weighted by atomic mass is 35.5. The molecule has 1 aliphatic rings. The maximum Gasteiger partial charge on any atom is 0.173 e. The van der Waals surface area contributed by atoms with Crippen LogP contribution < -0.4 is 10.1 Å². The van der Waals surface area contributed by atoms with E-state index in [4.69, 9.17) is 28.6 Å². The van der Waals surface area contributed by atoms with E-state index < -0.39 is 0 Å². The van der Waals surface area contributed by atoms with Crippen molar-refractivity contribution < 1.29 is 4.74 Å². The lowest BCUT2D eigenvalue weighted by atomic mass is 9.89. The number of para-hydroxylation sites is 1. The molecule has 0 radical (unpaired) electrons. The molecule has 5 heteroatoms. The smallest absolute Gasteiger partial charge is 0.173 e. The number of benzene rings is 2. The van der Waals surface area contributed by atoms with Crippen molar-refractivity contribution in [3.63, 3.8) is 0 Å². The molecule has 132 valence electrons. The van der Waals surface area contributed by atoms with Crippen molar-refractivity contribution in [1.29, 1.82) is 0 Å². The van der Waals surface area contributed by atoms with Crippen molar-refractivity contribution in [1.82, 2.24) is 4.90 Å². The number of hydrogen-bond acceptors (Lipinski definition) is 2. The topological polar surface area (TPSA) is 24.5 Å². The third-order valence-electron chi connectivity index (χ3n) is 4.73. The summed E-state index contributed by atoms with van der Waals surface area (Å²) in [5.74, 6) is 1.49. The number of ether oxygens (including phenoxy) is 1. The summed E-state index contributed by atoms with van der Waals surface area (Å²) in [5, 5.41) is 4.73. The number of hydrogen-bond donors (Lipinski definition) is 1. The highest BCUT2D eigenvalue weighted by molar-refractivity contribution is 7.80. The predicted octanol–water partition coefficient (Wildman–Crippen LogP) is 5.23. The van der Waals surface area contributed by atoms with Gasteiger partial charge in [0.1, 0.15) is 5.75 Å². The Labute approximate surface area is 159 Å². The molecular weight excluding hydrogens is 352 g/mol. The van der Waals surface area contributed by atoms with Crippen molar-refractivity contribution in [2.45, 2.75) is 25.7 Å². The van der Waals surface area contributed by atoms with Gasteiger partial charge < -0.3 is 15.0 Å². The van der Waals surface area contributed by atoms with E-state index in [1.807, 2.05) is 37.3 Å². The number of anilines is 1. The Bertz CT molecular complexity index is 757. The Balaban J connectivity index is 1.61. The number of aryl methyl sites for hydroxylation is 1. The summed E-state index contributed by atoms with van der Waals surface area (Å²) < 4.78 is 5.51. The minimum Gasteiger partial charge on any atom is -0.496 e. The Kier molecular flexibility index (Phi) is 5.82. The third-order valence-corrected chi connectivity index (χ3v) is 5.40. The summed E-state index contributed by atoms with van der Waals surface area (Å²) >= 11 is 11.9. The molecular formula is C20H23ClN2OS. The van der Waals surface area contributed by atoms with Gasteiger partial charge in [0.2, 0.25) is 0 Å². The van der Waals surface area contributed by atoms with E-state index in [1.54, 1.807) is 7.11 Å². The van der Waals surface area contributed by atoms with Crippen molar-refractivity contribution in [3.05, 3.63) is 58.6 Å². The largest absolute Gasteiger partial charge is 0.496 e. The molecule has 0 spiro atoms. The second-order valence-corrected chi connectivity index (χ2v) is 7.21. The Morgan fingerprint density at radius 3 is 2.60 bits per heavy atom. The molecule has 0 atom stereocenters. The van der Waals surface area contributed by atoms with Crippen LogP contribution in [0.1, 0.15) is 29.9 Å². The summed E-state index contributed by atoms with van der Waals surface area (Å²) in [6.45, 7) is 3.88. The number of methoxy groups -OCH3 is 1. The van der Waals surface area contributed by atoms with Crippen LogP contribution >= 0.6 is 23.8 Å². The molecule has 0 saturated carbocycles. The minimum atomic E-state index is 0.512. The molecule has 0 amide bonds. The summed E-state index contributed by atoms with van der Waals surface area (Å²) in [4.78, 5) is 2.22. The lowest BCUT2D eigenvalue weighted by Gasteiger charge is -2.34. The van der Waals surface area contributed by atoms with Crippen LogP contribution in [0.3, 0.4) is 0 Å². The van der Waals surface area contributed by atoms with E-state index in [2.05, 4.69) is 22.3 Å². The number of thiocarbonyl (C=S) groups is 1. The zero-order valence-corrected chi connectivity index (χ0v) is 16.2. The molecule has 0 aliphatic carbocycles. The average Bonchev–Trinajstić information content (AvgIpc) is 2.64. The van der Waals surface area contributed by atoms with E-state index in [1.165, 1.54) is 5.56 Å². The molecule has 1 heterocycles. The van der Waals surface area contributed by atoms with Crippen LogP contribution in [-0.4, -0.2) is 30.2 Å². The lowest BCUT2D eigenvalue weighted by molar-refractivity contribution is 0.310. The molecule has 0 bridgehead atoms. The van der Waals surface area contributed by atoms with Crippen LogP contribution in [0, 0.1) is 6.92 Å². The number of nitrogens with zero attached hydrogens (tertiary/aromatic N) is 1. The molecule has 2 aromatic carbocycles. The van der Waals surface area contributed by atoms with Gasteiger partial charge in [0.25, 0.3) is 0 Å². The lowest BCUT2D eigenvalue weighted by Crippen LogP contribution is -2.40. The van der Waals surface area contributed by atoms with Gasteiger partial charge in [-0.1, -0.05) is 35.9 Å². The Morgan fingerprint density at radius 2 is 1.92 bits per heavy atom. The maximum absolute atomic E-state index is 6.29. The molecule has 25 heavy (non-hydrogen) atoms. The standard InChI is InChI=1S/C20H23ClN2OS/c1-14-7-8-18(17(21)13-14)22-20(25)23-11-9-15(10-12-23)16-5-3-4-6-19(16)24-2/h3-8,13,15H,9-12H2,1-2H3,(H,22,25). The average molecular weight is 375 g/mol. The number of halogens is 1. The molecule has 1 N–H and O–H groups in total. The number of piperidine rings is 1. The van der Waals surface area contributed by atoms with Gasteiger partial charge in [-0.2, -0.15) is 0 Å². The van der Waals surface area contributed by atoms with Crippen molar-refractivity contribution in [2.75, 3.05) is 25.5 Å². The first kappa shape index (κ1) is 18.0.